The van der Waals surface area contributed by atoms with Crippen molar-refractivity contribution in [2.24, 2.45) is 0 Å². The fourth-order valence-electron chi connectivity index (χ4n) is 0.742. The molecule has 2 heteroatoms. The highest BCUT2D eigenvalue weighted by Gasteiger charge is 2.04. The van der Waals surface area contributed by atoms with Crippen LogP contribution >= 0.6 is 0 Å². The topological polar surface area (TPSA) is 26.3 Å². The Morgan fingerprint density at radius 1 is 1.30 bits per heavy atom. The number of ether oxygens (including phenoxy) is 1. The first-order valence-corrected chi connectivity index (χ1v) is 3.40. The molecule has 0 aromatic rings. The molecule has 0 radical (unpaired) electrons. The molecule has 0 N–H and O–H groups in total. The van der Waals surface area contributed by atoms with Gasteiger partial charge < -0.3 is 4.74 Å². The zero-order valence-electron chi connectivity index (χ0n) is 7.02. The van der Waals surface area contributed by atoms with Crippen LogP contribution in [0.25, 0.3) is 0 Å². The number of hydrogen-bond donors (Lipinski definition) is 0. The zero-order valence-corrected chi connectivity index (χ0v) is 7.02. The summed E-state index contributed by atoms with van der Waals surface area (Å²) in [4.78, 5) is 10.8. The second-order valence-electron chi connectivity index (χ2n) is 2.32. The molecule has 0 saturated heterocycles. The molecule has 0 aliphatic heterocycles. The average molecular weight is 142 g/mol. The first-order chi connectivity index (χ1) is 4.59. The van der Waals surface area contributed by atoms with Gasteiger partial charge in [-0.05, 0) is 26.3 Å². The van der Waals surface area contributed by atoms with Gasteiger partial charge in [0, 0.05) is 6.92 Å². The van der Waals surface area contributed by atoms with Gasteiger partial charge in [-0.3, -0.25) is 4.79 Å². The van der Waals surface area contributed by atoms with Crippen LogP contribution in [0, 0.1) is 0 Å². The molecule has 0 aliphatic rings. The lowest BCUT2D eigenvalue weighted by molar-refractivity contribution is -0.116. The van der Waals surface area contributed by atoms with Crippen LogP contribution in [0.5, 0.6) is 0 Å². The van der Waals surface area contributed by atoms with Crippen LogP contribution in [-0.4, -0.2) is 12.4 Å². The van der Waals surface area contributed by atoms with Crippen molar-refractivity contribution in [3.05, 3.63) is 11.3 Å². The smallest absolute Gasteiger partial charge is 0.194 e. The summed E-state index contributed by atoms with van der Waals surface area (Å²) >= 11 is 0. The molecule has 0 rings (SSSR count). The minimum Gasteiger partial charge on any atom is -0.490 e. The number of Topliss-reactive ketones (excluding diaryl/α,β-unsaturated/α-hetero) is 1. The summed E-state index contributed by atoms with van der Waals surface area (Å²) in [6, 6.07) is 0. The molecule has 0 amide bonds. The number of carbonyl (C=O) groups is 1. The highest BCUT2D eigenvalue weighted by molar-refractivity contribution is 5.91. The maximum Gasteiger partial charge on any atom is 0.194 e. The zero-order chi connectivity index (χ0) is 8.15. The number of carbonyl (C=O) groups excluding carboxylic acids is 1. The van der Waals surface area contributed by atoms with Gasteiger partial charge in [0.1, 0.15) is 0 Å². The Labute approximate surface area is 61.9 Å². The lowest BCUT2D eigenvalue weighted by atomic mass is 10.2. The van der Waals surface area contributed by atoms with Gasteiger partial charge in [-0.1, -0.05) is 0 Å². The van der Waals surface area contributed by atoms with Crippen LogP contribution in [0.2, 0.25) is 0 Å². The van der Waals surface area contributed by atoms with E-state index in [1.807, 2.05) is 20.8 Å². The van der Waals surface area contributed by atoms with Gasteiger partial charge in [-0.15, -0.1) is 0 Å². The van der Waals surface area contributed by atoms with E-state index in [2.05, 4.69) is 0 Å². The third kappa shape index (κ3) is 2.67. The molecule has 0 saturated carbocycles. The minimum absolute atomic E-state index is 0.00171. The van der Waals surface area contributed by atoms with Crippen LogP contribution in [0.3, 0.4) is 0 Å². The highest BCUT2D eigenvalue weighted by atomic mass is 16.5. The summed E-state index contributed by atoms with van der Waals surface area (Å²) in [5.41, 5.74) is 0.939. The molecule has 0 unspecified atom stereocenters. The van der Waals surface area contributed by atoms with Crippen molar-refractivity contribution in [1.82, 2.24) is 0 Å². The van der Waals surface area contributed by atoms with Crippen LogP contribution in [0.15, 0.2) is 11.3 Å². The molecule has 0 heterocycles. The SMILES string of the molecule is CCOC(C(C)=O)=C(C)C. The van der Waals surface area contributed by atoms with E-state index < -0.39 is 0 Å². The summed E-state index contributed by atoms with van der Waals surface area (Å²) in [7, 11) is 0. The van der Waals surface area contributed by atoms with E-state index in [1.165, 1.54) is 6.92 Å². The van der Waals surface area contributed by atoms with Gasteiger partial charge in [-0.2, -0.15) is 0 Å². The lowest BCUT2D eigenvalue weighted by Crippen LogP contribution is -2.03. The molecule has 10 heavy (non-hydrogen) atoms. The molecular formula is C8H14O2. The number of ketones is 1. The average Bonchev–Trinajstić information content (AvgIpc) is 1.81. The first-order valence-electron chi connectivity index (χ1n) is 3.40. The highest BCUT2D eigenvalue weighted by Crippen LogP contribution is 2.05. The third-order valence-electron chi connectivity index (χ3n) is 1.06. The van der Waals surface area contributed by atoms with Crippen molar-refractivity contribution in [1.29, 1.82) is 0 Å². The van der Waals surface area contributed by atoms with Crippen molar-refractivity contribution in [2.75, 3.05) is 6.61 Å². The Bertz CT molecular complexity index is 153. The largest absolute Gasteiger partial charge is 0.490 e. The minimum atomic E-state index is 0.00171. The molecule has 2 nitrogen and oxygen atoms in total. The quantitative estimate of drug-likeness (QED) is 0.444. The molecule has 0 bridgehead atoms. The second kappa shape index (κ2) is 4.09. The van der Waals surface area contributed by atoms with Crippen LogP contribution in [0.1, 0.15) is 27.7 Å². The van der Waals surface area contributed by atoms with Gasteiger partial charge >= 0.3 is 0 Å². The van der Waals surface area contributed by atoms with E-state index in [0.29, 0.717) is 12.4 Å². The van der Waals surface area contributed by atoms with E-state index in [9.17, 15) is 4.79 Å². The van der Waals surface area contributed by atoms with Crippen molar-refractivity contribution in [3.63, 3.8) is 0 Å². The van der Waals surface area contributed by atoms with Gasteiger partial charge in [0.2, 0.25) is 0 Å². The number of hydrogen-bond acceptors (Lipinski definition) is 2. The van der Waals surface area contributed by atoms with Gasteiger partial charge in [0.05, 0.1) is 6.61 Å². The predicted molar refractivity (Wildman–Crippen MR) is 40.7 cm³/mol. The summed E-state index contributed by atoms with van der Waals surface area (Å²) in [5, 5.41) is 0. The maximum absolute atomic E-state index is 10.8. The van der Waals surface area contributed by atoms with E-state index >= 15 is 0 Å². The second-order valence-corrected chi connectivity index (χ2v) is 2.32. The summed E-state index contributed by atoms with van der Waals surface area (Å²) < 4.78 is 5.09. The summed E-state index contributed by atoms with van der Waals surface area (Å²) in [5.74, 6) is 0.504. The molecule has 0 atom stereocenters. The Morgan fingerprint density at radius 3 is 1.90 bits per heavy atom. The monoisotopic (exact) mass is 142 g/mol. The lowest BCUT2D eigenvalue weighted by Gasteiger charge is -2.05. The molecule has 0 fully saturated rings. The molecule has 58 valence electrons. The van der Waals surface area contributed by atoms with E-state index in [1.54, 1.807) is 0 Å². The van der Waals surface area contributed by atoms with Crippen molar-refractivity contribution in [2.45, 2.75) is 27.7 Å². The Balaban J connectivity index is 4.28. The van der Waals surface area contributed by atoms with Crippen molar-refractivity contribution < 1.29 is 9.53 Å². The summed E-state index contributed by atoms with van der Waals surface area (Å²) in [6.45, 7) is 7.67. The van der Waals surface area contributed by atoms with Crippen molar-refractivity contribution >= 4 is 5.78 Å². The first kappa shape index (κ1) is 9.21. The predicted octanol–water partition coefficient (Wildman–Crippen LogP) is 1.91. The fraction of sp³-hybridized carbons (Fsp3) is 0.625. The standard InChI is InChI=1S/C8H14O2/c1-5-10-8(6(2)3)7(4)9/h5H2,1-4H3. The van der Waals surface area contributed by atoms with Gasteiger partial charge in [0.15, 0.2) is 11.5 Å². The Kier molecular flexibility index (Phi) is 3.77. The van der Waals surface area contributed by atoms with Crippen LogP contribution < -0.4 is 0 Å². The van der Waals surface area contributed by atoms with Crippen LogP contribution in [-0.2, 0) is 9.53 Å². The Hall–Kier alpha value is -0.790. The molecule has 0 aromatic carbocycles. The molecule has 0 spiro atoms. The van der Waals surface area contributed by atoms with Gasteiger partial charge in [-0.25, -0.2) is 0 Å². The molecule has 0 aromatic heterocycles. The normalized spacial score (nSPS) is 8.80. The summed E-state index contributed by atoms with van der Waals surface area (Å²) in [6.07, 6.45) is 0. The number of allylic oxidation sites excluding steroid dienone is 2. The fourth-order valence-corrected chi connectivity index (χ4v) is 0.742. The van der Waals surface area contributed by atoms with Crippen LogP contribution in [0.4, 0.5) is 0 Å². The molecular weight excluding hydrogens is 128 g/mol. The molecule has 0 aliphatic carbocycles. The van der Waals surface area contributed by atoms with E-state index in [-0.39, 0.29) is 5.78 Å². The third-order valence-corrected chi connectivity index (χ3v) is 1.06. The Morgan fingerprint density at radius 2 is 1.80 bits per heavy atom. The van der Waals surface area contributed by atoms with Gasteiger partial charge in [0.25, 0.3) is 0 Å². The van der Waals surface area contributed by atoms with E-state index in [0.717, 1.165) is 5.57 Å². The maximum atomic E-state index is 10.8. The van der Waals surface area contributed by atoms with E-state index in [4.69, 9.17) is 4.74 Å². The number of rotatable bonds is 3. The van der Waals surface area contributed by atoms with Crippen molar-refractivity contribution in [3.8, 4) is 0 Å².